The van der Waals surface area contributed by atoms with Crippen molar-refractivity contribution in [3.8, 4) is 0 Å². The smallest absolute Gasteiger partial charge is 0.254 e. The molecular formula is C26H29FN2O2S. The summed E-state index contributed by atoms with van der Waals surface area (Å²) >= 11 is 1.58. The summed E-state index contributed by atoms with van der Waals surface area (Å²) in [6.07, 6.45) is 0.744. The Morgan fingerprint density at radius 2 is 1.69 bits per heavy atom. The van der Waals surface area contributed by atoms with Gasteiger partial charge in [0, 0.05) is 23.0 Å². The number of carbonyl (C=O) groups is 2. The first kappa shape index (κ1) is 23.7. The monoisotopic (exact) mass is 452 g/mol. The Hall–Kier alpha value is -2.99. The number of thiophene rings is 1. The molecule has 2 amide bonds. The van der Waals surface area contributed by atoms with E-state index in [-0.39, 0.29) is 30.2 Å². The zero-order valence-electron chi connectivity index (χ0n) is 18.8. The van der Waals surface area contributed by atoms with Crippen molar-refractivity contribution in [2.45, 2.75) is 46.3 Å². The van der Waals surface area contributed by atoms with Crippen LogP contribution in [0.5, 0.6) is 0 Å². The number of benzene rings is 2. The molecule has 0 aliphatic heterocycles. The number of amides is 2. The van der Waals surface area contributed by atoms with E-state index in [1.807, 2.05) is 50.4 Å². The van der Waals surface area contributed by atoms with Gasteiger partial charge in [-0.2, -0.15) is 0 Å². The zero-order chi connectivity index (χ0) is 23.1. The summed E-state index contributed by atoms with van der Waals surface area (Å²) in [6, 6.07) is 17.4. The van der Waals surface area contributed by atoms with Crippen LogP contribution < -0.4 is 0 Å². The fourth-order valence-corrected chi connectivity index (χ4v) is 4.11. The lowest BCUT2D eigenvalue weighted by molar-refractivity contribution is -0.133. The Kier molecular flexibility index (Phi) is 8.17. The molecule has 2 aromatic carbocycles. The normalized spacial score (nSPS) is 11.8. The second-order valence-electron chi connectivity index (χ2n) is 8.01. The lowest BCUT2D eigenvalue weighted by Gasteiger charge is -2.31. The minimum Gasteiger partial charge on any atom is -0.332 e. The van der Waals surface area contributed by atoms with Crippen LogP contribution >= 0.6 is 11.3 Å². The molecule has 0 aliphatic rings. The summed E-state index contributed by atoms with van der Waals surface area (Å²) < 4.78 is 13.3. The van der Waals surface area contributed by atoms with Crippen molar-refractivity contribution >= 4 is 23.2 Å². The van der Waals surface area contributed by atoms with Crippen LogP contribution in [0.3, 0.4) is 0 Å². The number of hydrogen-bond acceptors (Lipinski definition) is 3. The van der Waals surface area contributed by atoms with Gasteiger partial charge in [-0.1, -0.05) is 42.8 Å². The van der Waals surface area contributed by atoms with Gasteiger partial charge in [-0.15, -0.1) is 11.3 Å². The molecule has 0 saturated heterocycles. The highest BCUT2D eigenvalue weighted by molar-refractivity contribution is 7.09. The summed E-state index contributed by atoms with van der Waals surface area (Å²) in [5, 5.41) is 1.97. The van der Waals surface area contributed by atoms with E-state index in [0.29, 0.717) is 18.7 Å². The summed E-state index contributed by atoms with van der Waals surface area (Å²) in [6.45, 7) is 6.73. The van der Waals surface area contributed by atoms with Gasteiger partial charge in [0.05, 0.1) is 6.54 Å². The zero-order valence-corrected chi connectivity index (χ0v) is 19.6. The van der Waals surface area contributed by atoms with E-state index >= 15 is 0 Å². The lowest BCUT2D eigenvalue weighted by atomic mass is 10.1. The van der Waals surface area contributed by atoms with Crippen molar-refractivity contribution in [1.82, 2.24) is 9.80 Å². The molecule has 0 radical (unpaired) electrons. The molecule has 0 fully saturated rings. The van der Waals surface area contributed by atoms with E-state index in [1.54, 1.807) is 45.4 Å². The van der Waals surface area contributed by atoms with Crippen molar-refractivity contribution in [2.24, 2.45) is 0 Å². The Morgan fingerprint density at radius 3 is 2.28 bits per heavy atom. The predicted octanol–water partition coefficient (Wildman–Crippen LogP) is 5.67. The van der Waals surface area contributed by atoms with Gasteiger partial charge in [0.2, 0.25) is 5.91 Å². The average molecular weight is 453 g/mol. The van der Waals surface area contributed by atoms with E-state index in [0.717, 1.165) is 22.4 Å². The van der Waals surface area contributed by atoms with Gasteiger partial charge in [-0.3, -0.25) is 9.59 Å². The van der Waals surface area contributed by atoms with Gasteiger partial charge in [0.1, 0.15) is 12.4 Å². The maximum Gasteiger partial charge on any atom is 0.254 e. The highest BCUT2D eigenvalue weighted by atomic mass is 32.1. The fraction of sp³-hybridized carbons (Fsp3) is 0.308. The molecule has 0 bridgehead atoms. The third-order valence-corrected chi connectivity index (χ3v) is 6.42. The van der Waals surface area contributed by atoms with E-state index in [9.17, 15) is 14.0 Å². The Balaban J connectivity index is 1.82. The van der Waals surface area contributed by atoms with Crippen LogP contribution in [0.4, 0.5) is 4.39 Å². The molecule has 1 aromatic heterocycles. The van der Waals surface area contributed by atoms with Gasteiger partial charge in [-0.05, 0) is 61.5 Å². The third-order valence-electron chi connectivity index (χ3n) is 5.55. The molecule has 3 aromatic rings. The van der Waals surface area contributed by atoms with Crippen LogP contribution in [0.25, 0.3) is 0 Å². The Labute approximate surface area is 193 Å². The number of carbonyl (C=O) groups excluding carboxylic acids is 2. The molecule has 32 heavy (non-hydrogen) atoms. The first-order valence-corrected chi connectivity index (χ1v) is 11.7. The maximum absolute atomic E-state index is 13.4. The molecule has 6 heteroatoms. The van der Waals surface area contributed by atoms with Crippen molar-refractivity contribution < 1.29 is 14.0 Å². The second kappa shape index (κ2) is 11.0. The predicted molar refractivity (Wildman–Crippen MR) is 127 cm³/mol. The maximum atomic E-state index is 13.4. The van der Waals surface area contributed by atoms with Crippen molar-refractivity contribution in [2.75, 3.05) is 6.54 Å². The molecule has 1 unspecified atom stereocenters. The van der Waals surface area contributed by atoms with Crippen LogP contribution in [0.15, 0.2) is 66.0 Å². The Morgan fingerprint density at radius 1 is 1.00 bits per heavy atom. The van der Waals surface area contributed by atoms with Gasteiger partial charge in [-0.25, -0.2) is 4.39 Å². The molecule has 0 N–H and O–H groups in total. The number of halogens is 1. The number of hydrogen-bond donors (Lipinski definition) is 0. The molecule has 3 rings (SSSR count). The summed E-state index contributed by atoms with van der Waals surface area (Å²) in [7, 11) is 0. The number of rotatable bonds is 9. The quantitative estimate of drug-likeness (QED) is 0.420. The van der Waals surface area contributed by atoms with Gasteiger partial charge in [0.25, 0.3) is 5.91 Å². The molecular weight excluding hydrogens is 423 g/mol. The summed E-state index contributed by atoms with van der Waals surface area (Å²) in [5.74, 6) is -0.592. The summed E-state index contributed by atoms with van der Waals surface area (Å²) in [5.41, 5.74) is 2.50. The molecule has 0 spiro atoms. The molecule has 0 aliphatic carbocycles. The first-order chi connectivity index (χ1) is 15.4. The minimum absolute atomic E-state index is 0.00567. The van der Waals surface area contributed by atoms with E-state index in [2.05, 4.69) is 0 Å². The number of aryl methyl sites for hydroxylation is 1. The largest absolute Gasteiger partial charge is 0.332 e. The molecule has 1 atom stereocenters. The van der Waals surface area contributed by atoms with Gasteiger partial charge in [0.15, 0.2) is 0 Å². The molecule has 168 valence electrons. The lowest BCUT2D eigenvalue weighted by Crippen LogP contribution is -2.46. The van der Waals surface area contributed by atoms with Crippen LogP contribution in [0, 0.1) is 12.7 Å². The van der Waals surface area contributed by atoms with Gasteiger partial charge >= 0.3 is 0 Å². The van der Waals surface area contributed by atoms with Gasteiger partial charge < -0.3 is 9.80 Å². The second-order valence-corrected chi connectivity index (χ2v) is 9.04. The van der Waals surface area contributed by atoms with Crippen molar-refractivity contribution in [1.29, 1.82) is 0 Å². The molecule has 4 nitrogen and oxygen atoms in total. The highest BCUT2D eigenvalue weighted by Gasteiger charge is 2.26. The third kappa shape index (κ3) is 6.26. The van der Waals surface area contributed by atoms with Crippen LogP contribution in [0.1, 0.15) is 46.6 Å². The van der Waals surface area contributed by atoms with Crippen molar-refractivity contribution in [3.63, 3.8) is 0 Å². The standard InChI is InChI=1S/C26H29FN2O2S/c1-4-20(3)29(26(31)22-11-7-19(2)8-12-22)18-25(30)28(17-24-6-5-15-32-24)16-21-9-13-23(27)14-10-21/h5-15,20H,4,16-18H2,1-3H3. The molecule has 0 saturated carbocycles. The van der Waals surface area contributed by atoms with E-state index < -0.39 is 0 Å². The van der Waals surface area contributed by atoms with E-state index in [1.165, 1.54) is 12.1 Å². The first-order valence-electron chi connectivity index (χ1n) is 10.8. The highest BCUT2D eigenvalue weighted by Crippen LogP contribution is 2.18. The van der Waals surface area contributed by atoms with Crippen LogP contribution in [-0.2, 0) is 17.9 Å². The topological polar surface area (TPSA) is 40.6 Å². The average Bonchev–Trinajstić information content (AvgIpc) is 3.31. The van der Waals surface area contributed by atoms with Crippen molar-refractivity contribution in [3.05, 3.63) is 93.4 Å². The Bertz CT molecular complexity index is 1020. The SMILES string of the molecule is CCC(C)N(CC(=O)N(Cc1ccc(F)cc1)Cc1cccs1)C(=O)c1ccc(C)cc1. The van der Waals surface area contributed by atoms with Crippen LogP contribution in [-0.4, -0.2) is 34.2 Å². The van der Waals surface area contributed by atoms with Crippen LogP contribution in [0.2, 0.25) is 0 Å². The van der Waals surface area contributed by atoms with E-state index in [4.69, 9.17) is 0 Å². The molecule has 1 heterocycles. The minimum atomic E-state index is -0.309. The summed E-state index contributed by atoms with van der Waals surface area (Å²) in [4.78, 5) is 31.1. The fourth-order valence-electron chi connectivity index (χ4n) is 3.39. The number of nitrogens with zero attached hydrogens (tertiary/aromatic N) is 2.